The van der Waals surface area contributed by atoms with Gasteiger partial charge in [0.15, 0.2) is 12.3 Å². The average molecular weight is 374 g/mol. The van der Waals surface area contributed by atoms with Crippen LogP contribution in [0.2, 0.25) is 0 Å². The number of amides is 1. The zero-order valence-electron chi connectivity index (χ0n) is 17.4. The molecule has 0 aliphatic carbocycles. The van der Waals surface area contributed by atoms with Crippen molar-refractivity contribution in [1.82, 2.24) is 19.5 Å². The molecule has 0 aromatic carbocycles. The van der Waals surface area contributed by atoms with Crippen molar-refractivity contribution in [3.8, 4) is 0 Å². The van der Waals surface area contributed by atoms with Gasteiger partial charge in [-0.25, -0.2) is 9.50 Å². The van der Waals surface area contributed by atoms with Crippen molar-refractivity contribution >= 4 is 17.5 Å². The lowest BCUT2D eigenvalue weighted by atomic mass is 10.1. The second-order valence-electron chi connectivity index (χ2n) is 7.47. The highest BCUT2D eigenvalue weighted by molar-refractivity contribution is 5.81. The van der Waals surface area contributed by atoms with Crippen LogP contribution in [0.1, 0.15) is 56.8 Å². The molecule has 0 spiro atoms. The van der Waals surface area contributed by atoms with E-state index in [2.05, 4.69) is 10.1 Å². The Morgan fingerprint density at radius 1 is 1.15 bits per heavy atom. The Bertz CT molecular complexity index is 831. The van der Waals surface area contributed by atoms with Gasteiger partial charge in [0.05, 0.1) is 5.69 Å². The van der Waals surface area contributed by atoms with E-state index in [9.17, 15) is 9.59 Å². The highest BCUT2D eigenvalue weighted by atomic mass is 16.5. The van der Waals surface area contributed by atoms with E-state index in [1.807, 2.05) is 54.5 Å². The molecule has 2 aromatic heterocycles. The van der Waals surface area contributed by atoms with Gasteiger partial charge in [-0.3, -0.25) is 9.59 Å². The molecule has 148 valence electrons. The normalized spacial score (nSPS) is 11.4. The summed E-state index contributed by atoms with van der Waals surface area (Å²) in [5.41, 5.74) is 4.55. The Morgan fingerprint density at radius 3 is 2.37 bits per heavy atom. The Balaban J connectivity index is 1.98. The molecule has 7 nitrogen and oxygen atoms in total. The number of ether oxygens (including phenoxy) is 1. The van der Waals surface area contributed by atoms with Crippen molar-refractivity contribution in [1.29, 1.82) is 0 Å². The molecule has 27 heavy (non-hydrogen) atoms. The number of hydrogen-bond donors (Lipinski definition) is 0. The first-order valence-electron chi connectivity index (χ1n) is 9.41. The third-order valence-corrected chi connectivity index (χ3v) is 4.62. The predicted octanol–water partition coefficient (Wildman–Crippen LogP) is 2.78. The Kier molecular flexibility index (Phi) is 6.57. The molecule has 0 radical (unpaired) electrons. The van der Waals surface area contributed by atoms with Crippen molar-refractivity contribution in [3.05, 3.63) is 28.7 Å². The van der Waals surface area contributed by atoms with Crippen LogP contribution in [0.3, 0.4) is 0 Å². The fraction of sp³-hybridized carbons (Fsp3) is 0.600. The highest BCUT2D eigenvalue weighted by Crippen LogP contribution is 2.17. The Hall–Kier alpha value is -2.44. The van der Waals surface area contributed by atoms with Crippen LogP contribution >= 0.6 is 0 Å². The molecule has 0 atom stereocenters. The summed E-state index contributed by atoms with van der Waals surface area (Å²) in [5, 5.41) is 4.44. The second-order valence-corrected chi connectivity index (χ2v) is 7.47. The molecule has 0 aliphatic rings. The molecular formula is C20H30N4O3. The quantitative estimate of drug-likeness (QED) is 0.697. The van der Waals surface area contributed by atoms with Crippen LogP contribution in [0.25, 0.3) is 5.65 Å². The van der Waals surface area contributed by atoms with E-state index in [1.165, 1.54) is 0 Å². The van der Waals surface area contributed by atoms with Crippen LogP contribution in [0, 0.1) is 20.8 Å². The van der Waals surface area contributed by atoms with Gasteiger partial charge in [0, 0.05) is 36.0 Å². The van der Waals surface area contributed by atoms with Gasteiger partial charge in [0.1, 0.15) is 0 Å². The number of nitrogens with zero attached hydrogens (tertiary/aromatic N) is 4. The SMILES string of the molecule is Cc1cc2nc(C)c(CCC(=O)OCC(=O)N(C(C)C)C(C)C)c(C)n2n1. The van der Waals surface area contributed by atoms with Crippen LogP contribution in [-0.2, 0) is 20.7 Å². The van der Waals surface area contributed by atoms with Gasteiger partial charge in [-0.2, -0.15) is 5.10 Å². The standard InChI is InChI=1S/C20H30N4O3/c1-12(2)23(13(3)4)19(25)11-27-20(26)9-8-17-15(6)21-18-10-14(5)22-24(18)16(17)7/h10,12-13H,8-9,11H2,1-7H3. The van der Waals surface area contributed by atoms with E-state index >= 15 is 0 Å². The number of aromatic nitrogens is 3. The highest BCUT2D eigenvalue weighted by Gasteiger charge is 2.21. The molecule has 0 fully saturated rings. The van der Waals surface area contributed by atoms with E-state index in [4.69, 9.17) is 4.74 Å². The van der Waals surface area contributed by atoms with Crippen molar-refractivity contribution in [2.75, 3.05) is 6.61 Å². The lowest BCUT2D eigenvalue weighted by Crippen LogP contribution is -2.44. The number of fused-ring (bicyclic) bond motifs is 1. The van der Waals surface area contributed by atoms with Crippen molar-refractivity contribution in [3.63, 3.8) is 0 Å². The van der Waals surface area contributed by atoms with E-state index in [-0.39, 0.29) is 37.0 Å². The third-order valence-electron chi connectivity index (χ3n) is 4.62. The average Bonchev–Trinajstić information content (AvgIpc) is 2.92. The van der Waals surface area contributed by atoms with Crippen LogP contribution in [0.5, 0.6) is 0 Å². The smallest absolute Gasteiger partial charge is 0.306 e. The third kappa shape index (κ3) is 4.84. The summed E-state index contributed by atoms with van der Waals surface area (Å²) in [6, 6.07) is 2.06. The first kappa shape index (κ1) is 20.9. The number of carbonyl (C=O) groups is 2. The lowest BCUT2D eigenvalue weighted by Gasteiger charge is -2.30. The molecule has 2 aromatic rings. The van der Waals surface area contributed by atoms with E-state index < -0.39 is 0 Å². The van der Waals surface area contributed by atoms with Gasteiger partial charge < -0.3 is 9.64 Å². The summed E-state index contributed by atoms with van der Waals surface area (Å²) in [6.07, 6.45) is 0.705. The molecule has 0 saturated carbocycles. The second kappa shape index (κ2) is 8.50. The van der Waals surface area contributed by atoms with Crippen LogP contribution in [-0.4, -0.2) is 50.1 Å². The molecule has 0 saturated heterocycles. The summed E-state index contributed by atoms with van der Waals surface area (Å²) >= 11 is 0. The number of rotatable bonds is 7. The van der Waals surface area contributed by atoms with Gasteiger partial charge in [-0.05, 0) is 60.5 Å². The van der Waals surface area contributed by atoms with E-state index in [0.29, 0.717) is 6.42 Å². The zero-order chi connectivity index (χ0) is 20.3. The monoisotopic (exact) mass is 374 g/mol. The molecular weight excluding hydrogens is 344 g/mol. The lowest BCUT2D eigenvalue weighted by molar-refractivity contribution is -0.153. The molecule has 1 amide bonds. The summed E-state index contributed by atoms with van der Waals surface area (Å²) < 4.78 is 7.01. The van der Waals surface area contributed by atoms with E-state index in [0.717, 1.165) is 28.3 Å². The van der Waals surface area contributed by atoms with Crippen molar-refractivity contribution in [2.24, 2.45) is 0 Å². The molecule has 0 aliphatic heterocycles. The maximum atomic E-state index is 12.3. The van der Waals surface area contributed by atoms with Crippen molar-refractivity contribution in [2.45, 2.75) is 73.4 Å². The predicted molar refractivity (Wildman–Crippen MR) is 104 cm³/mol. The first-order valence-corrected chi connectivity index (χ1v) is 9.41. The fourth-order valence-electron chi connectivity index (χ4n) is 3.49. The largest absolute Gasteiger partial charge is 0.456 e. The molecule has 2 heterocycles. The molecule has 0 N–H and O–H groups in total. The van der Waals surface area contributed by atoms with Gasteiger partial charge >= 0.3 is 5.97 Å². The minimum Gasteiger partial charge on any atom is -0.456 e. The number of aryl methyl sites for hydroxylation is 3. The van der Waals surface area contributed by atoms with Gasteiger partial charge in [-0.15, -0.1) is 0 Å². The summed E-state index contributed by atoms with van der Waals surface area (Å²) in [7, 11) is 0. The number of carbonyl (C=O) groups excluding carboxylic acids is 2. The van der Waals surface area contributed by atoms with E-state index in [1.54, 1.807) is 9.42 Å². The van der Waals surface area contributed by atoms with Gasteiger partial charge in [0.25, 0.3) is 5.91 Å². The number of hydrogen-bond acceptors (Lipinski definition) is 5. The van der Waals surface area contributed by atoms with Gasteiger partial charge in [0.2, 0.25) is 0 Å². The maximum Gasteiger partial charge on any atom is 0.306 e. The number of esters is 1. The summed E-state index contributed by atoms with van der Waals surface area (Å²) in [4.78, 5) is 30.7. The Morgan fingerprint density at radius 2 is 1.78 bits per heavy atom. The fourth-order valence-corrected chi connectivity index (χ4v) is 3.49. The maximum absolute atomic E-state index is 12.3. The van der Waals surface area contributed by atoms with Crippen LogP contribution in [0.15, 0.2) is 6.07 Å². The topological polar surface area (TPSA) is 76.8 Å². The summed E-state index contributed by atoms with van der Waals surface area (Å²) in [5.74, 6) is -0.554. The molecule has 0 bridgehead atoms. The zero-order valence-corrected chi connectivity index (χ0v) is 17.4. The minimum atomic E-state index is -0.383. The minimum absolute atomic E-state index is 0.0665. The molecule has 2 rings (SSSR count). The molecule has 0 unspecified atom stereocenters. The summed E-state index contributed by atoms with van der Waals surface area (Å²) in [6.45, 7) is 13.4. The Labute approximate surface area is 160 Å². The first-order chi connectivity index (χ1) is 12.6. The molecule has 7 heteroatoms. The van der Waals surface area contributed by atoms with Crippen molar-refractivity contribution < 1.29 is 14.3 Å². The van der Waals surface area contributed by atoms with Gasteiger partial charge in [-0.1, -0.05) is 0 Å². The van der Waals surface area contributed by atoms with Crippen LogP contribution in [0.4, 0.5) is 0 Å². The van der Waals surface area contributed by atoms with Crippen LogP contribution < -0.4 is 0 Å².